The Morgan fingerprint density at radius 2 is 2.06 bits per heavy atom. The van der Waals surface area contributed by atoms with Crippen LogP contribution in [0.4, 0.5) is 0 Å². The molecule has 0 amide bonds. The summed E-state index contributed by atoms with van der Waals surface area (Å²) >= 11 is 0. The van der Waals surface area contributed by atoms with Gasteiger partial charge in [0, 0.05) is 19.6 Å². The van der Waals surface area contributed by atoms with E-state index in [9.17, 15) is 0 Å². The van der Waals surface area contributed by atoms with Gasteiger partial charge in [0.25, 0.3) is 0 Å². The Kier molecular flexibility index (Phi) is 4.34. The van der Waals surface area contributed by atoms with Crippen LogP contribution in [0.25, 0.3) is 0 Å². The third kappa shape index (κ3) is 2.82. The minimum absolute atomic E-state index is 0.613. The van der Waals surface area contributed by atoms with Crippen LogP contribution in [0.1, 0.15) is 50.3 Å². The van der Waals surface area contributed by atoms with Crippen molar-refractivity contribution < 1.29 is 4.74 Å². The van der Waals surface area contributed by atoms with E-state index in [0.717, 1.165) is 13.2 Å². The minimum Gasteiger partial charge on any atom is -0.383 e. The molecule has 0 atom stereocenters. The molecule has 0 aliphatic heterocycles. The van der Waals surface area contributed by atoms with Crippen molar-refractivity contribution in [3.05, 3.63) is 12.2 Å². The number of nitrogens with zero attached hydrogens (tertiary/aromatic N) is 3. The molecule has 16 heavy (non-hydrogen) atoms. The summed E-state index contributed by atoms with van der Waals surface area (Å²) in [4.78, 5) is 0. The molecule has 2 rings (SSSR count). The quantitative estimate of drug-likeness (QED) is 0.736. The van der Waals surface area contributed by atoms with Crippen LogP contribution in [-0.2, 0) is 11.3 Å². The van der Waals surface area contributed by atoms with Crippen molar-refractivity contribution in [2.45, 2.75) is 51.0 Å². The highest BCUT2D eigenvalue weighted by molar-refractivity contribution is 4.97. The Bertz CT molecular complexity index is 303. The lowest BCUT2D eigenvalue weighted by Crippen LogP contribution is -2.11. The van der Waals surface area contributed by atoms with Crippen LogP contribution < -0.4 is 0 Å². The molecule has 0 saturated heterocycles. The van der Waals surface area contributed by atoms with E-state index in [1.54, 1.807) is 7.11 Å². The molecular weight excluding hydrogens is 202 g/mol. The molecule has 0 unspecified atom stereocenters. The molecule has 1 aromatic heterocycles. The van der Waals surface area contributed by atoms with E-state index in [1.165, 1.54) is 44.3 Å². The SMILES string of the molecule is COCCn1cnnc1C1CCCCCC1. The van der Waals surface area contributed by atoms with Gasteiger partial charge in [-0.05, 0) is 12.8 Å². The van der Waals surface area contributed by atoms with Gasteiger partial charge in [-0.1, -0.05) is 25.7 Å². The topological polar surface area (TPSA) is 39.9 Å². The van der Waals surface area contributed by atoms with Gasteiger partial charge in [0.05, 0.1) is 6.61 Å². The molecule has 0 spiro atoms. The molecule has 0 bridgehead atoms. The lowest BCUT2D eigenvalue weighted by molar-refractivity contribution is 0.185. The monoisotopic (exact) mass is 223 g/mol. The van der Waals surface area contributed by atoms with Gasteiger partial charge in [-0.25, -0.2) is 0 Å². The molecule has 4 heteroatoms. The summed E-state index contributed by atoms with van der Waals surface area (Å²) in [5, 5.41) is 8.33. The highest BCUT2D eigenvalue weighted by Gasteiger charge is 2.19. The standard InChI is InChI=1S/C12H21N3O/c1-16-9-8-15-10-13-14-12(15)11-6-4-2-3-5-7-11/h10-11H,2-9H2,1H3. The Morgan fingerprint density at radius 3 is 2.75 bits per heavy atom. The van der Waals surface area contributed by atoms with Crippen LogP contribution in [0, 0.1) is 0 Å². The van der Waals surface area contributed by atoms with Crippen LogP contribution >= 0.6 is 0 Å². The first-order chi connectivity index (χ1) is 7.92. The third-order valence-electron chi connectivity index (χ3n) is 3.40. The maximum absolute atomic E-state index is 5.11. The molecule has 90 valence electrons. The average Bonchev–Trinajstić information content (AvgIpc) is 2.60. The van der Waals surface area contributed by atoms with Gasteiger partial charge in [0.15, 0.2) is 0 Å². The summed E-state index contributed by atoms with van der Waals surface area (Å²) in [7, 11) is 1.73. The van der Waals surface area contributed by atoms with Gasteiger partial charge < -0.3 is 9.30 Å². The number of ether oxygens (including phenoxy) is 1. The molecule has 1 aliphatic carbocycles. The van der Waals surface area contributed by atoms with Crippen LogP contribution in [0.2, 0.25) is 0 Å². The predicted molar refractivity (Wildman–Crippen MR) is 62.3 cm³/mol. The summed E-state index contributed by atoms with van der Waals surface area (Å²) < 4.78 is 7.26. The minimum atomic E-state index is 0.613. The first-order valence-electron chi connectivity index (χ1n) is 6.28. The maximum atomic E-state index is 5.11. The van der Waals surface area contributed by atoms with Gasteiger partial charge in [0.2, 0.25) is 0 Å². The van der Waals surface area contributed by atoms with E-state index in [1.807, 2.05) is 6.33 Å². The van der Waals surface area contributed by atoms with Gasteiger partial charge >= 0.3 is 0 Å². The van der Waals surface area contributed by atoms with Crippen LogP contribution in [-0.4, -0.2) is 28.5 Å². The highest BCUT2D eigenvalue weighted by atomic mass is 16.5. The first-order valence-corrected chi connectivity index (χ1v) is 6.28. The van der Waals surface area contributed by atoms with E-state index in [2.05, 4.69) is 14.8 Å². The first kappa shape index (κ1) is 11.6. The summed E-state index contributed by atoms with van der Waals surface area (Å²) in [5.74, 6) is 1.78. The van der Waals surface area contributed by atoms with E-state index < -0.39 is 0 Å². The van der Waals surface area contributed by atoms with Crippen molar-refractivity contribution in [1.82, 2.24) is 14.8 Å². The Hall–Kier alpha value is -0.900. The molecule has 0 aromatic carbocycles. The molecular formula is C12H21N3O. The molecule has 1 fully saturated rings. The van der Waals surface area contributed by atoms with Crippen molar-refractivity contribution in [3.8, 4) is 0 Å². The summed E-state index contributed by atoms with van der Waals surface area (Å²) in [6.07, 6.45) is 9.80. The molecule has 1 heterocycles. The van der Waals surface area contributed by atoms with Crippen molar-refractivity contribution in [2.24, 2.45) is 0 Å². The second-order valence-corrected chi connectivity index (χ2v) is 4.56. The second-order valence-electron chi connectivity index (χ2n) is 4.56. The van der Waals surface area contributed by atoms with Crippen molar-refractivity contribution in [1.29, 1.82) is 0 Å². The third-order valence-corrected chi connectivity index (χ3v) is 3.40. The zero-order valence-electron chi connectivity index (χ0n) is 10.1. The Balaban J connectivity index is 2.03. The zero-order chi connectivity index (χ0) is 11.2. The van der Waals surface area contributed by atoms with Crippen LogP contribution in [0.15, 0.2) is 6.33 Å². The van der Waals surface area contributed by atoms with Crippen LogP contribution in [0.5, 0.6) is 0 Å². The van der Waals surface area contributed by atoms with Gasteiger partial charge in [-0.15, -0.1) is 10.2 Å². The smallest absolute Gasteiger partial charge is 0.135 e. The predicted octanol–water partition coefficient (Wildman–Crippen LogP) is 2.36. The maximum Gasteiger partial charge on any atom is 0.135 e. The van der Waals surface area contributed by atoms with E-state index in [0.29, 0.717) is 5.92 Å². The molecule has 0 radical (unpaired) electrons. The Morgan fingerprint density at radius 1 is 1.31 bits per heavy atom. The summed E-state index contributed by atoms with van der Waals surface area (Å²) in [6, 6.07) is 0. The Labute approximate surface area is 97.0 Å². The fraction of sp³-hybridized carbons (Fsp3) is 0.833. The lowest BCUT2D eigenvalue weighted by Gasteiger charge is -2.14. The van der Waals surface area contributed by atoms with E-state index in [-0.39, 0.29) is 0 Å². The van der Waals surface area contributed by atoms with E-state index >= 15 is 0 Å². The number of rotatable bonds is 4. The molecule has 4 nitrogen and oxygen atoms in total. The fourth-order valence-corrected chi connectivity index (χ4v) is 2.48. The summed E-state index contributed by atoms with van der Waals surface area (Å²) in [5.41, 5.74) is 0. The van der Waals surface area contributed by atoms with Gasteiger partial charge in [0.1, 0.15) is 12.2 Å². The van der Waals surface area contributed by atoms with Crippen molar-refractivity contribution in [3.63, 3.8) is 0 Å². The number of hydrogen-bond donors (Lipinski definition) is 0. The molecule has 1 aliphatic rings. The van der Waals surface area contributed by atoms with Crippen molar-refractivity contribution in [2.75, 3.05) is 13.7 Å². The fourth-order valence-electron chi connectivity index (χ4n) is 2.48. The summed E-state index contributed by atoms with van der Waals surface area (Å²) in [6.45, 7) is 1.60. The molecule has 1 aromatic rings. The van der Waals surface area contributed by atoms with E-state index in [4.69, 9.17) is 4.74 Å². The number of methoxy groups -OCH3 is 1. The average molecular weight is 223 g/mol. The van der Waals surface area contributed by atoms with Gasteiger partial charge in [-0.2, -0.15) is 0 Å². The zero-order valence-corrected chi connectivity index (χ0v) is 10.1. The normalized spacial score (nSPS) is 18.6. The van der Waals surface area contributed by atoms with Crippen molar-refractivity contribution >= 4 is 0 Å². The largest absolute Gasteiger partial charge is 0.383 e. The number of aromatic nitrogens is 3. The second kappa shape index (κ2) is 5.99. The highest BCUT2D eigenvalue weighted by Crippen LogP contribution is 2.30. The molecule has 0 N–H and O–H groups in total. The lowest BCUT2D eigenvalue weighted by atomic mass is 9.99. The molecule has 1 saturated carbocycles. The van der Waals surface area contributed by atoms with Crippen LogP contribution in [0.3, 0.4) is 0 Å². The number of hydrogen-bond acceptors (Lipinski definition) is 3. The van der Waals surface area contributed by atoms with Gasteiger partial charge in [-0.3, -0.25) is 0 Å².